The molecule has 0 aliphatic carbocycles. The van der Waals surface area contributed by atoms with Crippen LogP contribution < -0.4 is 11.0 Å². The van der Waals surface area contributed by atoms with Crippen molar-refractivity contribution in [2.75, 3.05) is 6.61 Å². The standard InChI is InChI=1S/C23H21ClF6N4O4/c24-16-6-4-14(5-7-16)20-32-34(21(38)33(20)10-18(36)23(28,29)30)11-19(37)31-17(12-35)9-13-2-1-3-15(8-13)22(25,26)27/h1-8,17-18,35-36H,9-12H2,(H,31,37)/t17?,18-/m0/s1. The number of rotatable bonds is 9. The molecule has 2 aromatic carbocycles. The van der Waals surface area contributed by atoms with Crippen molar-refractivity contribution in [2.24, 2.45) is 0 Å². The van der Waals surface area contributed by atoms with Gasteiger partial charge in [-0.05, 0) is 42.3 Å². The van der Waals surface area contributed by atoms with Gasteiger partial charge in [0.1, 0.15) is 6.54 Å². The number of aliphatic hydroxyl groups is 2. The van der Waals surface area contributed by atoms with Gasteiger partial charge in [0.25, 0.3) is 0 Å². The lowest BCUT2D eigenvalue weighted by Crippen LogP contribution is -2.43. The molecule has 1 amide bonds. The first kappa shape index (κ1) is 29.2. The molecule has 1 heterocycles. The second-order valence-corrected chi connectivity index (χ2v) is 8.72. The molecule has 3 aromatic rings. The van der Waals surface area contributed by atoms with Crippen molar-refractivity contribution in [1.82, 2.24) is 19.7 Å². The summed E-state index contributed by atoms with van der Waals surface area (Å²) in [6, 6.07) is 8.80. The number of aromatic nitrogens is 3. The van der Waals surface area contributed by atoms with Gasteiger partial charge >= 0.3 is 18.0 Å². The van der Waals surface area contributed by atoms with E-state index >= 15 is 0 Å². The first-order valence-electron chi connectivity index (χ1n) is 10.9. The molecule has 0 spiro atoms. The summed E-state index contributed by atoms with van der Waals surface area (Å²) < 4.78 is 78.9. The van der Waals surface area contributed by atoms with Crippen LogP contribution in [0.1, 0.15) is 11.1 Å². The third-order valence-corrected chi connectivity index (χ3v) is 5.63. The summed E-state index contributed by atoms with van der Waals surface area (Å²) in [6.07, 6.45) is -12.7. The molecule has 1 unspecified atom stereocenters. The van der Waals surface area contributed by atoms with Crippen LogP contribution in [0, 0.1) is 0 Å². The van der Waals surface area contributed by atoms with Crippen LogP contribution in [0.3, 0.4) is 0 Å². The van der Waals surface area contributed by atoms with Gasteiger partial charge in [0.2, 0.25) is 5.91 Å². The Morgan fingerprint density at radius 1 is 1.08 bits per heavy atom. The Kier molecular flexibility index (Phi) is 8.90. The first-order chi connectivity index (χ1) is 17.7. The molecule has 206 valence electrons. The highest BCUT2D eigenvalue weighted by Gasteiger charge is 2.39. The van der Waals surface area contributed by atoms with Crippen molar-refractivity contribution < 1.29 is 41.4 Å². The molecule has 0 aliphatic heterocycles. The van der Waals surface area contributed by atoms with Crippen molar-refractivity contribution in [3.63, 3.8) is 0 Å². The van der Waals surface area contributed by atoms with Gasteiger partial charge in [-0.15, -0.1) is 5.10 Å². The summed E-state index contributed by atoms with van der Waals surface area (Å²) in [5, 5.41) is 25.7. The van der Waals surface area contributed by atoms with E-state index in [1.807, 2.05) is 0 Å². The van der Waals surface area contributed by atoms with Gasteiger partial charge in [-0.2, -0.15) is 26.3 Å². The van der Waals surface area contributed by atoms with E-state index in [0.29, 0.717) is 14.3 Å². The maximum Gasteiger partial charge on any atom is 0.416 e. The third kappa shape index (κ3) is 7.36. The molecule has 0 saturated carbocycles. The largest absolute Gasteiger partial charge is 0.416 e. The first-order valence-corrected chi connectivity index (χ1v) is 11.3. The Labute approximate surface area is 216 Å². The maximum absolute atomic E-state index is 13.0. The van der Waals surface area contributed by atoms with Crippen LogP contribution in [0.5, 0.6) is 0 Å². The minimum Gasteiger partial charge on any atom is -0.394 e. The summed E-state index contributed by atoms with van der Waals surface area (Å²) in [4.78, 5) is 25.4. The molecule has 0 bridgehead atoms. The number of aliphatic hydroxyl groups excluding tert-OH is 2. The fourth-order valence-electron chi connectivity index (χ4n) is 3.53. The second kappa shape index (κ2) is 11.6. The molecule has 3 rings (SSSR count). The lowest BCUT2D eigenvalue weighted by molar-refractivity contribution is -0.207. The van der Waals surface area contributed by atoms with Crippen LogP contribution in [-0.2, 0) is 30.5 Å². The Bertz CT molecular complexity index is 1320. The van der Waals surface area contributed by atoms with Gasteiger partial charge in [0.05, 0.1) is 24.8 Å². The fourth-order valence-corrected chi connectivity index (χ4v) is 3.65. The minimum absolute atomic E-state index is 0.173. The average molecular weight is 567 g/mol. The second-order valence-electron chi connectivity index (χ2n) is 8.29. The predicted molar refractivity (Wildman–Crippen MR) is 123 cm³/mol. The van der Waals surface area contributed by atoms with Crippen LogP contribution in [-0.4, -0.2) is 55.4 Å². The normalized spacial score (nSPS) is 13.8. The van der Waals surface area contributed by atoms with Crippen molar-refractivity contribution >= 4 is 17.5 Å². The van der Waals surface area contributed by atoms with Crippen LogP contribution in [0.25, 0.3) is 11.4 Å². The molecule has 38 heavy (non-hydrogen) atoms. The van der Waals surface area contributed by atoms with Crippen LogP contribution in [0.4, 0.5) is 26.3 Å². The number of nitrogens with one attached hydrogen (secondary N) is 1. The highest BCUT2D eigenvalue weighted by atomic mass is 35.5. The maximum atomic E-state index is 13.0. The van der Waals surface area contributed by atoms with E-state index < -0.39 is 61.4 Å². The Morgan fingerprint density at radius 2 is 1.74 bits per heavy atom. The molecular formula is C23H21ClF6N4O4. The highest BCUT2D eigenvalue weighted by Crippen LogP contribution is 2.30. The Hall–Kier alpha value is -3.36. The van der Waals surface area contributed by atoms with Crippen molar-refractivity contribution in [2.45, 2.75) is 44.0 Å². The summed E-state index contributed by atoms with van der Waals surface area (Å²) in [6.45, 7) is -2.64. The summed E-state index contributed by atoms with van der Waals surface area (Å²) >= 11 is 5.83. The fraction of sp³-hybridized carbons (Fsp3) is 0.348. The quantitative estimate of drug-likeness (QED) is 0.345. The van der Waals surface area contributed by atoms with Crippen molar-refractivity contribution in [3.8, 4) is 11.4 Å². The van der Waals surface area contributed by atoms with E-state index in [1.165, 1.54) is 36.4 Å². The summed E-state index contributed by atoms with van der Waals surface area (Å²) in [5.74, 6) is -1.16. The lowest BCUT2D eigenvalue weighted by Gasteiger charge is -2.17. The topological polar surface area (TPSA) is 109 Å². The zero-order valence-electron chi connectivity index (χ0n) is 19.3. The zero-order chi connectivity index (χ0) is 28.3. The molecule has 2 atom stereocenters. The smallest absolute Gasteiger partial charge is 0.394 e. The summed E-state index contributed by atoms with van der Waals surface area (Å²) in [5.41, 5.74) is -1.69. The molecule has 15 heteroatoms. The third-order valence-electron chi connectivity index (χ3n) is 5.37. The summed E-state index contributed by atoms with van der Waals surface area (Å²) in [7, 11) is 0. The number of benzene rings is 2. The molecule has 3 N–H and O–H groups in total. The van der Waals surface area contributed by atoms with E-state index in [9.17, 15) is 46.1 Å². The van der Waals surface area contributed by atoms with Crippen LogP contribution in [0.2, 0.25) is 5.02 Å². The predicted octanol–water partition coefficient (Wildman–Crippen LogP) is 3.03. The van der Waals surface area contributed by atoms with Gasteiger partial charge < -0.3 is 15.5 Å². The molecular weight excluding hydrogens is 546 g/mol. The zero-order valence-corrected chi connectivity index (χ0v) is 20.1. The van der Waals surface area contributed by atoms with Gasteiger partial charge in [0.15, 0.2) is 11.9 Å². The number of nitrogens with zero attached hydrogens (tertiary/aromatic N) is 3. The number of halogens is 7. The molecule has 0 fully saturated rings. The highest BCUT2D eigenvalue weighted by molar-refractivity contribution is 6.30. The Balaban J connectivity index is 1.82. The number of carbonyl (C=O) groups excluding carboxylic acids is 1. The molecule has 0 aliphatic rings. The lowest BCUT2D eigenvalue weighted by atomic mass is 10.0. The molecule has 0 radical (unpaired) electrons. The SMILES string of the molecule is O=C(Cn1nc(-c2ccc(Cl)cc2)n(C[C@H](O)C(F)(F)F)c1=O)NC(CO)Cc1cccc(C(F)(F)F)c1. The van der Waals surface area contributed by atoms with E-state index in [2.05, 4.69) is 10.4 Å². The van der Waals surface area contributed by atoms with Crippen LogP contribution >= 0.6 is 11.6 Å². The van der Waals surface area contributed by atoms with Gasteiger partial charge in [0, 0.05) is 10.6 Å². The minimum atomic E-state index is -5.03. The monoisotopic (exact) mass is 566 g/mol. The van der Waals surface area contributed by atoms with Crippen LogP contribution in [0.15, 0.2) is 53.3 Å². The number of amides is 1. The molecule has 8 nitrogen and oxygen atoms in total. The number of alkyl halides is 6. The van der Waals surface area contributed by atoms with Crippen molar-refractivity contribution in [3.05, 3.63) is 75.2 Å². The van der Waals surface area contributed by atoms with Gasteiger partial charge in [-0.1, -0.05) is 29.8 Å². The number of hydrogen-bond donors (Lipinski definition) is 3. The van der Waals surface area contributed by atoms with Gasteiger partial charge in [-0.3, -0.25) is 9.36 Å². The van der Waals surface area contributed by atoms with E-state index in [1.54, 1.807) is 0 Å². The molecule has 1 aromatic heterocycles. The number of hydrogen-bond acceptors (Lipinski definition) is 5. The van der Waals surface area contributed by atoms with E-state index in [4.69, 9.17) is 11.6 Å². The van der Waals surface area contributed by atoms with E-state index in [0.717, 1.165) is 12.1 Å². The molecule has 0 saturated heterocycles. The average Bonchev–Trinajstić information content (AvgIpc) is 3.13. The van der Waals surface area contributed by atoms with Crippen molar-refractivity contribution in [1.29, 1.82) is 0 Å². The Morgan fingerprint density at radius 3 is 2.32 bits per heavy atom. The van der Waals surface area contributed by atoms with E-state index in [-0.39, 0.29) is 23.4 Å². The number of carbonyl (C=O) groups is 1. The van der Waals surface area contributed by atoms with Gasteiger partial charge in [-0.25, -0.2) is 9.48 Å².